The second kappa shape index (κ2) is 7.99. The summed E-state index contributed by atoms with van der Waals surface area (Å²) in [6.45, 7) is 9.37. The van der Waals surface area contributed by atoms with Gasteiger partial charge in [0.15, 0.2) is 0 Å². The summed E-state index contributed by atoms with van der Waals surface area (Å²) in [5.74, 6) is -0.904. The molecule has 0 fully saturated rings. The van der Waals surface area contributed by atoms with Crippen LogP contribution in [0.1, 0.15) is 34.1 Å². The number of rotatable bonds is 7. The van der Waals surface area contributed by atoms with Crippen LogP contribution in [0.3, 0.4) is 0 Å². The normalized spacial score (nSPS) is 11.2. The van der Waals surface area contributed by atoms with Crippen LogP contribution in [-0.2, 0) is 9.53 Å². The monoisotopic (exact) mass is 274 g/mol. The number of aliphatic carboxylic acids is 1. The van der Waals surface area contributed by atoms with E-state index in [4.69, 9.17) is 9.84 Å². The van der Waals surface area contributed by atoms with Crippen LogP contribution >= 0.6 is 0 Å². The lowest BCUT2D eigenvalue weighted by Crippen LogP contribution is -2.52. The molecule has 0 saturated carbocycles. The van der Waals surface area contributed by atoms with Gasteiger partial charge in [0, 0.05) is 32.3 Å². The summed E-state index contributed by atoms with van der Waals surface area (Å²) in [4.78, 5) is 26.1. The van der Waals surface area contributed by atoms with Crippen molar-refractivity contribution in [3.63, 3.8) is 0 Å². The van der Waals surface area contributed by atoms with Crippen LogP contribution in [0.2, 0.25) is 0 Å². The van der Waals surface area contributed by atoms with E-state index in [1.807, 2.05) is 27.7 Å². The van der Waals surface area contributed by atoms with E-state index in [0.29, 0.717) is 19.8 Å². The first kappa shape index (κ1) is 17.7. The fourth-order valence-electron chi connectivity index (χ4n) is 1.57. The van der Waals surface area contributed by atoms with E-state index < -0.39 is 11.5 Å². The van der Waals surface area contributed by atoms with Crippen molar-refractivity contribution < 1.29 is 19.4 Å². The van der Waals surface area contributed by atoms with Crippen molar-refractivity contribution in [2.45, 2.75) is 39.7 Å². The van der Waals surface area contributed by atoms with E-state index in [1.165, 1.54) is 0 Å². The maximum Gasteiger partial charge on any atom is 0.320 e. The molecular formula is C13H26N2O4. The molecule has 0 rings (SSSR count). The van der Waals surface area contributed by atoms with Crippen molar-refractivity contribution in [3.8, 4) is 0 Å². The quantitative estimate of drug-likeness (QED) is 0.717. The summed E-state index contributed by atoms with van der Waals surface area (Å²) in [5.41, 5.74) is -0.410. The Labute approximate surface area is 115 Å². The highest BCUT2D eigenvalue weighted by Gasteiger charge is 2.28. The molecule has 0 saturated heterocycles. The van der Waals surface area contributed by atoms with Crippen molar-refractivity contribution in [3.05, 3.63) is 0 Å². The average molecular weight is 274 g/mol. The molecule has 0 aliphatic heterocycles. The zero-order valence-electron chi connectivity index (χ0n) is 12.6. The first-order valence-electron chi connectivity index (χ1n) is 6.52. The van der Waals surface area contributed by atoms with Crippen LogP contribution in [-0.4, -0.2) is 65.8 Å². The van der Waals surface area contributed by atoms with Crippen molar-refractivity contribution in [2.24, 2.45) is 0 Å². The lowest BCUT2D eigenvalue weighted by atomic mass is 10.1. The second-order valence-electron chi connectivity index (χ2n) is 5.37. The number of carboxylic acid groups (broad SMARTS) is 1. The molecule has 6 heteroatoms. The lowest BCUT2D eigenvalue weighted by Gasteiger charge is -2.38. The fraction of sp³-hybridized carbons (Fsp3) is 0.846. The fourth-order valence-corrected chi connectivity index (χ4v) is 1.57. The first-order valence-corrected chi connectivity index (χ1v) is 6.52. The smallest absolute Gasteiger partial charge is 0.320 e. The predicted molar refractivity (Wildman–Crippen MR) is 73.2 cm³/mol. The average Bonchev–Trinajstić information content (AvgIpc) is 2.26. The van der Waals surface area contributed by atoms with Gasteiger partial charge in [0.25, 0.3) is 0 Å². The molecule has 0 aromatic rings. The number of ether oxygens (including phenoxy) is 1. The van der Waals surface area contributed by atoms with Gasteiger partial charge in [-0.3, -0.25) is 4.79 Å². The third-order valence-electron chi connectivity index (χ3n) is 2.69. The molecule has 19 heavy (non-hydrogen) atoms. The number of carboxylic acids is 1. The van der Waals surface area contributed by atoms with Gasteiger partial charge in [0.1, 0.15) is 0 Å². The van der Waals surface area contributed by atoms with Gasteiger partial charge in [-0.15, -0.1) is 0 Å². The highest BCUT2D eigenvalue weighted by molar-refractivity contribution is 5.76. The number of amides is 2. The highest BCUT2D eigenvalue weighted by atomic mass is 16.5. The van der Waals surface area contributed by atoms with Gasteiger partial charge in [-0.2, -0.15) is 0 Å². The van der Waals surface area contributed by atoms with Crippen molar-refractivity contribution in [2.75, 3.05) is 33.4 Å². The summed E-state index contributed by atoms with van der Waals surface area (Å²) >= 11 is 0. The molecule has 112 valence electrons. The van der Waals surface area contributed by atoms with Gasteiger partial charge in [-0.25, -0.2) is 4.79 Å². The molecule has 1 N–H and O–H groups in total. The Balaban J connectivity index is 4.57. The number of carbonyl (C=O) groups excluding carboxylic acids is 1. The zero-order valence-corrected chi connectivity index (χ0v) is 12.6. The predicted octanol–water partition coefficient (Wildman–Crippen LogP) is 1.65. The summed E-state index contributed by atoms with van der Waals surface area (Å²) in [5, 5.41) is 8.75. The van der Waals surface area contributed by atoms with Gasteiger partial charge in [-0.1, -0.05) is 0 Å². The molecule has 0 aromatic heterocycles. The SMILES string of the molecule is CCOCCN(C)C(=O)N(CCC(=O)O)C(C)(C)C. The molecule has 0 radical (unpaired) electrons. The molecule has 0 unspecified atom stereocenters. The molecule has 0 spiro atoms. The van der Waals surface area contributed by atoms with E-state index >= 15 is 0 Å². The number of urea groups is 1. The van der Waals surface area contributed by atoms with E-state index in [0.717, 1.165) is 0 Å². The lowest BCUT2D eigenvalue weighted by molar-refractivity contribution is -0.137. The number of carbonyl (C=O) groups is 2. The highest BCUT2D eigenvalue weighted by Crippen LogP contribution is 2.16. The molecule has 0 atom stereocenters. The minimum Gasteiger partial charge on any atom is -0.481 e. The van der Waals surface area contributed by atoms with Gasteiger partial charge in [0.05, 0.1) is 13.0 Å². The third kappa shape index (κ3) is 7.00. The van der Waals surface area contributed by atoms with Crippen LogP contribution < -0.4 is 0 Å². The molecule has 0 heterocycles. The number of nitrogens with zero attached hydrogens (tertiary/aromatic N) is 2. The zero-order chi connectivity index (χ0) is 15.1. The van der Waals surface area contributed by atoms with Crippen LogP contribution in [0.5, 0.6) is 0 Å². The van der Waals surface area contributed by atoms with Crippen LogP contribution in [0.25, 0.3) is 0 Å². The minimum absolute atomic E-state index is 0.0533. The van der Waals surface area contributed by atoms with Crippen LogP contribution in [0.4, 0.5) is 4.79 Å². The Morgan fingerprint density at radius 1 is 1.21 bits per heavy atom. The molecule has 6 nitrogen and oxygen atoms in total. The Kier molecular flexibility index (Phi) is 7.44. The Hall–Kier alpha value is -1.30. The summed E-state index contributed by atoms with van der Waals surface area (Å²) in [6.07, 6.45) is -0.0533. The summed E-state index contributed by atoms with van der Waals surface area (Å²) in [6, 6.07) is -0.173. The van der Waals surface area contributed by atoms with Gasteiger partial charge >= 0.3 is 12.0 Å². The number of hydrogen-bond acceptors (Lipinski definition) is 3. The van der Waals surface area contributed by atoms with E-state index in [2.05, 4.69) is 0 Å². The van der Waals surface area contributed by atoms with Gasteiger partial charge in [-0.05, 0) is 27.7 Å². The largest absolute Gasteiger partial charge is 0.481 e. The molecule has 0 bridgehead atoms. The van der Waals surface area contributed by atoms with E-state index in [-0.39, 0.29) is 19.0 Å². The first-order chi connectivity index (χ1) is 8.70. The number of hydrogen-bond donors (Lipinski definition) is 1. The Morgan fingerprint density at radius 2 is 1.79 bits per heavy atom. The molecule has 0 aliphatic rings. The maximum atomic E-state index is 12.3. The third-order valence-corrected chi connectivity index (χ3v) is 2.69. The van der Waals surface area contributed by atoms with Gasteiger partial charge in [0.2, 0.25) is 0 Å². The molecular weight excluding hydrogens is 248 g/mol. The van der Waals surface area contributed by atoms with Crippen LogP contribution in [0.15, 0.2) is 0 Å². The Morgan fingerprint density at radius 3 is 2.21 bits per heavy atom. The molecule has 0 aliphatic carbocycles. The van der Waals surface area contributed by atoms with Crippen LogP contribution in [0, 0.1) is 0 Å². The summed E-state index contributed by atoms with van der Waals surface area (Å²) < 4.78 is 5.21. The maximum absolute atomic E-state index is 12.3. The van der Waals surface area contributed by atoms with E-state index in [9.17, 15) is 9.59 Å². The molecule has 2 amide bonds. The van der Waals surface area contributed by atoms with Crippen molar-refractivity contribution in [1.29, 1.82) is 0 Å². The van der Waals surface area contributed by atoms with E-state index in [1.54, 1.807) is 16.8 Å². The minimum atomic E-state index is -0.904. The topological polar surface area (TPSA) is 70.1 Å². The van der Waals surface area contributed by atoms with Crippen molar-refractivity contribution in [1.82, 2.24) is 9.80 Å². The molecule has 0 aromatic carbocycles. The Bertz CT molecular complexity index is 300. The number of likely N-dealkylation sites (N-methyl/N-ethyl adjacent to an activating group) is 1. The van der Waals surface area contributed by atoms with Gasteiger partial charge < -0.3 is 19.6 Å². The summed E-state index contributed by atoms with van der Waals surface area (Å²) in [7, 11) is 1.70. The second-order valence-corrected chi connectivity index (χ2v) is 5.37. The van der Waals surface area contributed by atoms with Crippen molar-refractivity contribution >= 4 is 12.0 Å². The standard InChI is InChI=1S/C13H26N2O4/c1-6-19-10-9-14(5)12(18)15(13(2,3)4)8-7-11(16)17/h6-10H2,1-5H3,(H,16,17).